The predicted octanol–water partition coefficient (Wildman–Crippen LogP) is 3.32. The molecule has 3 rings (SSSR count). The van der Waals surface area contributed by atoms with Crippen LogP contribution in [-0.4, -0.2) is 20.7 Å². The molecule has 0 unspecified atom stereocenters. The van der Waals surface area contributed by atoms with Crippen molar-refractivity contribution in [1.29, 1.82) is 0 Å². The number of anilines is 1. The van der Waals surface area contributed by atoms with E-state index in [-0.39, 0.29) is 15.7 Å². The number of methoxy groups -OCH3 is 1. The number of ether oxygens (including phenoxy) is 1. The van der Waals surface area contributed by atoms with Gasteiger partial charge in [-0.1, -0.05) is 16.8 Å². The second kappa shape index (κ2) is 5.48. The van der Waals surface area contributed by atoms with Gasteiger partial charge in [-0.3, -0.25) is 4.72 Å². The number of hydrogen-bond acceptors (Lipinski definition) is 5. The van der Waals surface area contributed by atoms with Gasteiger partial charge in [-0.25, -0.2) is 8.42 Å². The van der Waals surface area contributed by atoms with Crippen LogP contribution in [0.25, 0.3) is 0 Å². The highest BCUT2D eigenvalue weighted by atomic mass is 35.5. The van der Waals surface area contributed by atoms with Crippen LogP contribution in [0.5, 0.6) is 5.75 Å². The molecule has 6 nitrogen and oxygen atoms in total. The first kappa shape index (κ1) is 15.2. The average molecular weight is 343 g/mol. The molecule has 1 aromatic heterocycles. The van der Waals surface area contributed by atoms with Crippen molar-refractivity contribution < 1.29 is 17.7 Å². The smallest absolute Gasteiger partial charge is 0.263 e. The molecule has 2 aromatic rings. The molecule has 0 saturated heterocycles. The number of hydrogen-bond donors (Lipinski definition) is 1. The van der Waals surface area contributed by atoms with Crippen LogP contribution < -0.4 is 9.46 Å². The highest BCUT2D eigenvalue weighted by Crippen LogP contribution is 2.43. The van der Waals surface area contributed by atoms with E-state index < -0.39 is 10.0 Å². The highest BCUT2D eigenvalue weighted by molar-refractivity contribution is 7.92. The third-order valence-electron chi connectivity index (χ3n) is 3.58. The van der Waals surface area contributed by atoms with Gasteiger partial charge in [-0.15, -0.1) is 0 Å². The second-order valence-electron chi connectivity index (χ2n) is 5.25. The van der Waals surface area contributed by atoms with Crippen LogP contribution in [0.15, 0.2) is 27.8 Å². The molecule has 1 fully saturated rings. The maximum atomic E-state index is 12.6. The van der Waals surface area contributed by atoms with Crippen LogP contribution in [-0.2, 0) is 10.0 Å². The van der Waals surface area contributed by atoms with Gasteiger partial charge in [0, 0.05) is 5.56 Å². The normalized spacial score (nSPS) is 14.9. The van der Waals surface area contributed by atoms with E-state index in [0.29, 0.717) is 17.2 Å². The summed E-state index contributed by atoms with van der Waals surface area (Å²) < 4.78 is 37.6. The Morgan fingerprint density at radius 2 is 2.14 bits per heavy atom. The fourth-order valence-corrected chi connectivity index (χ4v) is 3.85. The lowest BCUT2D eigenvalue weighted by molar-refractivity contribution is 0.414. The Labute approximate surface area is 133 Å². The molecule has 1 heterocycles. The minimum atomic E-state index is -3.80. The lowest BCUT2D eigenvalue weighted by atomic mass is 10.2. The summed E-state index contributed by atoms with van der Waals surface area (Å²) in [6, 6.07) is 2.95. The van der Waals surface area contributed by atoms with Crippen LogP contribution in [0.4, 0.5) is 5.82 Å². The minimum absolute atomic E-state index is 0.0862. The van der Waals surface area contributed by atoms with Crippen molar-refractivity contribution in [2.75, 3.05) is 11.8 Å². The number of nitrogens with one attached hydrogen (secondary N) is 1. The molecule has 1 aliphatic carbocycles. The summed E-state index contributed by atoms with van der Waals surface area (Å²) in [7, 11) is -2.33. The topological polar surface area (TPSA) is 81.4 Å². The average Bonchev–Trinajstić information content (AvgIpc) is 3.21. The molecule has 1 aliphatic rings. The van der Waals surface area contributed by atoms with E-state index in [1.54, 1.807) is 13.0 Å². The van der Waals surface area contributed by atoms with Gasteiger partial charge in [0.2, 0.25) is 0 Å². The van der Waals surface area contributed by atoms with E-state index >= 15 is 0 Å². The molecule has 1 saturated carbocycles. The van der Waals surface area contributed by atoms with Crippen LogP contribution in [0.3, 0.4) is 0 Å². The van der Waals surface area contributed by atoms with Crippen molar-refractivity contribution in [3.63, 3.8) is 0 Å². The first-order valence-corrected chi connectivity index (χ1v) is 8.59. The van der Waals surface area contributed by atoms with Crippen LogP contribution in [0.1, 0.15) is 29.9 Å². The summed E-state index contributed by atoms with van der Waals surface area (Å²) in [5.41, 5.74) is 1.33. The van der Waals surface area contributed by atoms with Crippen molar-refractivity contribution in [2.24, 2.45) is 0 Å². The zero-order chi connectivity index (χ0) is 15.9. The zero-order valence-electron chi connectivity index (χ0n) is 12.1. The fraction of sp³-hybridized carbons (Fsp3) is 0.357. The Kier molecular flexibility index (Phi) is 3.78. The number of benzene rings is 1. The van der Waals surface area contributed by atoms with Crippen LogP contribution >= 0.6 is 11.6 Å². The van der Waals surface area contributed by atoms with Gasteiger partial charge in [0.15, 0.2) is 5.82 Å². The molecule has 118 valence electrons. The van der Waals surface area contributed by atoms with Crippen molar-refractivity contribution in [1.82, 2.24) is 5.16 Å². The Bertz CT molecular complexity index is 812. The van der Waals surface area contributed by atoms with Gasteiger partial charge in [0.05, 0.1) is 17.0 Å². The molecule has 1 N–H and O–H groups in total. The quantitative estimate of drug-likeness (QED) is 0.901. The van der Waals surface area contributed by atoms with Crippen molar-refractivity contribution in [3.8, 4) is 5.75 Å². The summed E-state index contributed by atoms with van der Waals surface area (Å²) in [5, 5.41) is 3.98. The Hall–Kier alpha value is -1.73. The molecular formula is C14H15ClN2O4S. The van der Waals surface area contributed by atoms with Gasteiger partial charge >= 0.3 is 0 Å². The monoisotopic (exact) mass is 342 g/mol. The number of halogens is 1. The number of aromatic nitrogens is 1. The first-order chi connectivity index (χ1) is 10.4. The summed E-state index contributed by atoms with van der Waals surface area (Å²) in [6.07, 6.45) is 3.52. The van der Waals surface area contributed by atoms with E-state index in [2.05, 4.69) is 9.88 Å². The van der Waals surface area contributed by atoms with Crippen molar-refractivity contribution in [2.45, 2.75) is 30.6 Å². The molecule has 8 heteroatoms. The molecule has 0 aliphatic heterocycles. The minimum Gasteiger partial charge on any atom is -0.495 e. The summed E-state index contributed by atoms with van der Waals surface area (Å²) in [4.78, 5) is 0.0862. The van der Waals surface area contributed by atoms with Gasteiger partial charge in [0.1, 0.15) is 12.0 Å². The Morgan fingerprint density at radius 3 is 2.77 bits per heavy atom. The zero-order valence-corrected chi connectivity index (χ0v) is 13.7. The molecule has 0 bridgehead atoms. The van der Waals surface area contributed by atoms with E-state index in [1.807, 2.05) is 0 Å². The Morgan fingerprint density at radius 1 is 1.41 bits per heavy atom. The van der Waals surface area contributed by atoms with Gasteiger partial charge in [-0.2, -0.15) is 0 Å². The maximum absolute atomic E-state index is 12.6. The van der Waals surface area contributed by atoms with Crippen molar-refractivity contribution >= 4 is 27.4 Å². The standard InChI is InChI=1S/C14H15ClN2O4S/c1-8-5-12(20-2)11(15)6-13(8)22(18,19)17-14-10(7-21-16-14)9-3-4-9/h5-7,9H,3-4H2,1-2H3,(H,16,17). The van der Waals surface area contributed by atoms with E-state index in [9.17, 15) is 8.42 Å². The summed E-state index contributed by atoms with van der Waals surface area (Å²) in [6.45, 7) is 1.68. The molecule has 22 heavy (non-hydrogen) atoms. The highest BCUT2D eigenvalue weighted by Gasteiger charge is 2.31. The number of aryl methyl sites for hydroxylation is 1. The summed E-state index contributed by atoms with van der Waals surface area (Å²) >= 11 is 6.03. The molecule has 0 amide bonds. The summed E-state index contributed by atoms with van der Waals surface area (Å²) in [5.74, 6) is 0.997. The van der Waals surface area contributed by atoms with Crippen LogP contribution in [0, 0.1) is 6.92 Å². The predicted molar refractivity (Wildman–Crippen MR) is 82.0 cm³/mol. The molecule has 0 spiro atoms. The number of nitrogens with zero attached hydrogens (tertiary/aromatic N) is 1. The first-order valence-electron chi connectivity index (χ1n) is 6.73. The lowest BCUT2D eigenvalue weighted by Gasteiger charge is -2.12. The van der Waals surface area contributed by atoms with Crippen molar-refractivity contribution in [3.05, 3.63) is 34.5 Å². The van der Waals surface area contributed by atoms with Gasteiger partial charge in [0.25, 0.3) is 10.0 Å². The molecule has 1 aromatic carbocycles. The molecular weight excluding hydrogens is 328 g/mol. The molecule has 0 atom stereocenters. The Balaban J connectivity index is 1.96. The number of sulfonamides is 1. The third kappa shape index (κ3) is 2.78. The van der Waals surface area contributed by atoms with Gasteiger partial charge < -0.3 is 9.26 Å². The SMILES string of the molecule is COc1cc(C)c(S(=O)(=O)Nc2nocc2C2CC2)cc1Cl. The maximum Gasteiger partial charge on any atom is 0.263 e. The van der Waals surface area contributed by atoms with E-state index in [4.69, 9.17) is 20.9 Å². The second-order valence-corrected chi connectivity index (χ2v) is 7.31. The number of rotatable bonds is 5. The fourth-order valence-electron chi connectivity index (χ4n) is 2.27. The van der Waals surface area contributed by atoms with E-state index in [1.165, 1.54) is 19.4 Å². The molecule has 0 radical (unpaired) electrons. The van der Waals surface area contributed by atoms with Gasteiger partial charge in [-0.05, 0) is 43.4 Å². The third-order valence-corrected chi connectivity index (χ3v) is 5.36. The largest absolute Gasteiger partial charge is 0.495 e. The lowest BCUT2D eigenvalue weighted by Crippen LogP contribution is -2.15. The van der Waals surface area contributed by atoms with E-state index in [0.717, 1.165) is 18.4 Å². The van der Waals surface area contributed by atoms with Crippen LogP contribution in [0.2, 0.25) is 5.02 Å².